The van der Waals surface area contributed by atoms with E-state index in [0.29, 0.717) is 6.54 Å². The topological polar surface area (TPSA) is 69.6 Å². The van der Waals surface area contributed by atoms with Crippen LogP contribution in [0.4, 0.5) is 10.5 Å². The average Bonchev–Trinajstić information content (AvgIpc) is 3.45. The Hall–Kier alpha value is -3.26. The van der Waals surface area contributed by atoms with Crippen LogP contribution in [0.15, 0.2) is 48.5 Å². The second-order valence-corrected chi connectivity index (χ2v) is 7.33. The Morgan fingerprint density at radius 1 is 1.04 bits per heavy atom. The summed E-state index contributed by atoms with van der Waals surface area (Å²) in [7, 11) is 0. The minimum Gasteiger partial charge on any atom is -0.465 e. The molecule has 1 saturated heterocycles. The molecule has 1 aliphatic heterocycles. The largest absolute Gasteiger partial charge is 0.465 e. The van der Waals surface area contributed by atoms with Crippen LogP contribution >= 0.6 is 0 Å². The first-order valence-corrected chi connectivity index (χ1v) is 9.62. The third kappa shape index (κ3) is 4.17. The highest BCUT2D eigenvalue weighted by atomic mass is 16.4. The molecule has 0 spiro atoms. The fourth-order valence-electron chi connectivity index (χ4n) is 3.42. The summed E-state index contributed by atoms with van der Waals surface area (Å²) in [6, 6.07) is 15.5. The van der Waals surface area contributed by atoms with Crippen molar-refractivity contribution in [2.45, 2.75) is 31.7 Å². The third-order valence-corrected chi connectivity index (χ3v) is 5.18. The summed E-state index contributed by atoms with van der Waals surface area (Å²) < 4.78 is 0. The number of nitrogens with zero attached hydrogens (tertiary/aromatic N) is 1. The lowest BCUT2D eigenvalue weighted by atomic mass is 10.0. The molecule has 0 aromatic heterocycles. The maximum absolute atomic E-state index is 11.9. The smallest absolute Gasteiger partial charge is 0.408 e. The van der Waals surface area contributed by atoms with E-state index in [2.05, 4.69) is 17.2 Å². The molecule has 28 heavy (non-hydrogen) atoms. The van der Waals surface area contributed by atoms with Gasteiger partial charge in [-0.15, -0.1) is 0 Å². The Labute approximate surface area is 164 Å². The second kappa shape index (κ2) is 7.77. The van der Waals surface area contributed by atoms with E-state index >= 15 is 0 Å². The van der Waals surface area contributed by atoms with Crippen molar-refractivity contribution in [1.29, 1.82) is 0 Å². The van der Waals surface area contributed by atoms with E-state index in [0.717, 1.165) is 48.1 Å². The third-order valence-electron chi connectivity index (χ3n) is 5.18. The van der Waals surface area contributed by atoms with Crippen molar-refractivity contribution in [2.75, 3.05) is 11.9 Å². The molecule has 1 unspecified atom stereocenters. The summed E-state index contributed by atoms with van der Waals surface area (Å²) >= 11 is 0. The molecule has 2 aliphatic rings. The zero-order valence-corrected chi connectivity index (χ0v) is 15.5. The predicted molar refractivity (Wildman–Crippen MR) is 108 cm³/mol. The number of nitrogens with one attached hydrogen (secondary N) is 1. The SMILES string of the molecule is O=C(Nc1ccc(-c2cccc(C#CC3CCCN3C(=O)O)c2)cc1)C1CC1. The van der Waals surface area contributed by atoms with Crippen LogP contribution in [-0.2, 0) is 4.79 Å². The predicted octanol–water partition coefficient (Wildman–Crippen LogP) is 4.20. The lowest BCUT2D eigenvalue weighted by Gasteiger charge is -2.15. The highest BCUT2D eigenvalue weighted by Crippen LogP contribution is 2.30. The quantitative estimate of drug-likeness (QED) is 0.791. The van der Waals surface area contributed by atoms with Gasteiger partial charge in [0.25, 0.3) is 0 Å². The van der Waals surface area contributed by atoms with Crippen LogP contribution in [0.3, 0.4) is 0 Å². The second-order valence-electron chi connectivity index (χ2n) is 7.33. The number of carbonyl (C=O) groups excluding carboxylic acids is 1. The molecule has 4 rings (SSSR count). The Morgan fingerprint density at radius 3 is 2.54 bits per heavy atom. The summed E-state index contributed by atoms with van der Waals surface area (Å²) in [6.07, 6.45) is 2.72. The minimum absolute atomic E-state index is 0.104. The van der Waals surface area contributed by atoms with Gasteiger partial charge in [-0.2, -0.15) is 0 Å². The first kappa shape index (κ1) is 18.1. The average molecular weight is 374 g/mol. The zero-order chi connectivity index (χ0) is 19.5. The Kier molecular flexibility index (Phi) is 5.03. The van der Waals surface area contributed by atoms with E-state index in [1.807, 2.05) is 48.5 Å². The Bertz CT molecular complexity index is 952. The van der Waals surface area contributed by atoms with Gasteiger partial charge in [-0.05, 0) is 61.1 Å². The molecule has 0 bridgehead atoms. The highest BCUT2D eigenvalue weighted by Gasteiger charge is 2.29. The van der Waals surface area contributed by atoms with Gasteiger partial charge in [0.1, 0.15) is 0 Å². The number of benzene rings is 2. The van der Waals surface area contributed by atoms with Gasteiger partial charge < -0.3 is 10.4 Å². The van der Waals surface area contributed by atoms with E-state index in [4.69, 9.17) is 0 Å². The summed E-state index contributed by atoms with van der Waals surface area (Å²) in [4.78, 5) is 24.5. The van der Waals surface area contributed by atoms with Crippen LogP contribution in [0.5, 0.6) is 0 Å². The van der Waals surface area contributed by atoms with Crippen LogP contribution in [-0.4, -0.2) is 34.6 Å². The number of likely N-dealkylation sites (tertiary alicyclic amines) is 1. The van der Waals surface area contributed by atoms with Crippen LogP contribution in [0.25, 0.3) is 11.1 Å². The molecule has 1 aliphatic carbocycles. The first-order chi connectivity index (χ1) is 13.6. The molecule has 142 valence electrons. The van der Waals surface area contributed by atoms with E-state index in [-0.39, 0.29) is 17.9 Å². The van der Waals surface area contributed by atoms with E-state index in [1.54, 1.807) is 0 Å². The monoisotopic (exact) mass is 374 g/mol. The molecular weight excluding hydrogens is 352 g/mol. The molecule has 5 heteroatoms. The summed E-state index contributed by atoms with van der Waals surface area (Å²) in [5, 5.41) is 12.2. The summed E-state index contributed by atoms with van der Waals surface area (Å²) in [6.45, 7) is 0.554. The van der Waals surface area contributed by atoms with E-state index < -0.39 is 6.09 Å². The number of amides is 2. The van der Waals surface area contributed by atoms with Crippen molar-refractivity contribution in [3.63, 3.8) is 0 Å². The van der Waals surface area contributed by atoms with Gasteiger partial charge >= 0.3 is 6.09 Å². The van der Waals surface area contributed by atoms with Gasteiger partial charge in [-0.3, -0.25) is 9.69 Å². The number of hydrogen-bond donors (Lipinski definition) is 2. The molecule has 1 atom stereocenters. The van der Waals surface area contributed by atoms with Gasteiger partial charge in [0.15, 0.2) is 0 Å². The maximum Gasteiger partial charge on any atom is 0.408 e. The zero-order valence-electron chi connectivity index (χ0n) is 15.5. The van der Waals surface area contributed by atoms with Crippen LogP contribution in [0.1, 0.15) is 31.2 Å². The number of carbonyl (C=O) groups is 2. The van der Waals surface area contributed by atoms with Crippen LogP contribution in [0.2, 0.25) is 0 Å². The number of rotatable bonds is 3. The molecular formula is C23H22N2O3. The molecule has 2 fully saturated rings. The number of carboxylic acid groups (broad SMARTS) is 1. The highest BCUT2D eigenvalue weighted by molar-refractivity contribution is 5.94. The van der Waals surface area contributed by atoms with Gasteiger partial charge in [0, 0.05) is 23.7 Å². The van der Waals surface area contributed by atoms with Crippen molar-refractivity contribution in [2.24, 2.45) is 5.92 Å². The summed E-state index contributed by atoms with van der Waals surface area (Å²) in [5.74, 6) is 6.52. The molecule has 5 nitrogen and oxygen atoms in total. The van der Waals surface area contributed by atoms with Gasteiger partial charge in [0.2, 0.25) is 5.91 Å². The lowest BCUT2D eigenvalue weighted by Crippen LogP contribution is -2.33. The van der Waals surface area contributed by atoms with E-state index in [9.17, 15) is 14.7 Å². The molecule has 1 heterocycles. The van der Waals surface area contributed by atoms with Crippen LogP contribution in [0, 0.1) is 17.8 Å². The number of hydrogen-bond acceptors (Lipinski definition) is 2. The first-order valence-electron chi connectivity index (χ1n) is 9.62. The molecule has 2 aromatic rings. The maximum atomic E-state index is 11.9. The van der Waals surface area contributed by atoms with Crippen molar-refractivity contribution in [3.8, 4) is 23.0 Å². The molecule has 2 aromatic carbocycles. The van der Waals surface area contributed by atoms with Crippen molar-refractivity contribution < 1.29 is 14.7 Å². The van der Waals surface area contributed by atoms with Crippen LogP contribution < -0.4 is 5.32 Å². The van der Waals surface area contributed by atoms with Gasteiger partial charge in [-0.25, -0.2) is 4.79 Å². The van der Waals surface area contributed by atoms with Gasteiger partial charge in [0.05, 0.1) is 6.04 Å². The fraction of sp³-hybridized carbons (Fsp3) is 0.304. The molecule has 1 saturated carbocycles. The molecule has 2 N–H and O–H groups in total. The standard InChI is InChI=1S/C23H22N2O3/c26-22(18-7-8-18)24-20-11-9-17(10-12-20)19-4-1-3-16(15-19)6-13-21-5-2-14-25(21)23(27)28/h1,3-4,9-12,15,18,21H,2,5,7-8,14H2,(H,24,26)(H,27,28). The molecule has 2 amide bonds. The Balaban J connectivity index is 1.47. The molecule has 0 radical (unpaired) electrons. The fourth-order valence-corrected chi connectivity index (χ4v) is 3.42. The van der Waals surface area contributed by atoms with Crippen molar-refractivity contribution in [3.05, 3.63) is 54.1 Å². The number of anilines is 1. The Morgan fingerprint density at radius 2 is 1.82 bits per heavy atom. The normalized spacial score (nSPS) is 18.3. The lowest BCUT2D eigenvalue weighted by molar-refractivity contribution is -0.117. The minimum atomic E-state index is -0.903. The summed E-state index contributed by atoms with van der Waals surface area (Å²) in [5.41, 5.74) is 3.75. The van der Waals surface area contributed by atoms with Gasteiger partial charge in [-0.1, -0.05) is 36.1 Å². The van der Waals surface area contributed by atoms with Crippen molar-refractivity contribution >= 4 is 17.7 Å². The van der Waals surface area contributed by atoms with Crippen molar-refractivity contribution in [1.82, 2.24) is 4.90 Å². The van der Waals surface area contributed by atoms with E-state index in [1.165, 1.54) is 4.90 Å².